The van der Waals surface area contributed by atoms with Gasteiger partial charge in [-0.15, -0.1) is 0 Å². The Morgan fingerprint density at radius 2 is 1.73 bits per heavy atom. The van der Waals surface area contributed by atoms with E-state index in [0.29, 0.717) is 24.9 Å². The van der Waals surface area contributed by atoms with Crippen LogP contribution in [0, 0.1) is 11.7 Å². The molecular formula is C21H24FN3O. The molecule has 136 valence electrons. The summed E-state index contributed by atoms with van der Waals surface area (Å²) in [4.78, 5) is 21.1. The molecule has 1 aromatic heterocycles. The molecule has 26 heavy (non-hydrogen) atoms. The largest absolute Gasteiger partial charge is 0.335 e. The number of amides is 1. The van der Waals surface area contributed by atoms with E-state index in [9.17, 15) is 9.18 Å². The maximum atomic E-state index is 13.1. The molecule has 2 fully saturated rings. The van der Waals surface area contributed by atoms with Crippen LogP contribution < -0.4 is 0 Å². The Hall–Kier alpha value is -2.27. The maximum absolute atomic E-state index is 13.1. The molecule has 4 rings (SSSR count). The summed E-state index contributed by atoms with van der Waals surface area (Å²) in [6.45, 7) is 3.55. The van der Waals surface area contributed by atoms with Gasteiger partial charge in [-0.25, -0.2) is 4.39 Å². The van der Waals surface area contributed by atoms with Crippen LogP contribution in [0.1, 0.15) is 30.4 Å². The van der Waals surface area contributed by atoms with Gasteiger partial charge in [0, 0.05) is 51.0 Å². The van der Waals surface area contributed by atoms with Gasteiger partial charge in [-0.3, -0.25) is 14.7 Å². The zero-order valence-corrected chi connectivity index (χ0v) is 14.9. The topological polar surface area (TPSA) is 36.4 Å². The lowest BCUT2D eigenvalue weighted by Gasteiger charge is -2.47. The first-order valence-corrected chi connectivity index (χ1v) is 9.34. The van der Waals surface area contributed by atoms with Crippen LogP contribution in [0.5, 0.6) is 0 Å². The number of likely N-dealkylation sites (tertiary alicyclic amines) is 2. The van der Waals surface area contributed by atoms with E-state index in [1.165, 1.54) is 17.7 Å². The van der Waals surface area contributed by atoms with Gasteiger partial charge in [0.1, 0.15) is 5.82 Å². The summed E-state index contributed by atoms with van der Waals surface area (Å²) in [5.41, 5.74) is 2.29. The van der Waals surface area contributed by atoms with Crippen LogP contribution in [-0.2, 0) is 17.9 Å². The second-order valence-corrected chi connectivity index (χ2v) is 7.39. The van der Waals surface area contributed by atoms with Gasteiger partial charge in [0.15, 0.2) is 0 Å². The van der Waals surface area contributed by atoms with Gasteiger partial charge in [-0.2, -0.15) is 0 Å². The second-order valence-electron chi connectivity index (χ2n) is 7.39. The van der Waals surface area contributed by atoms with Gasteiger partial charge in [0.2, 0.25) is 5.91 Å². The summed E-state index contributed by atoms with van der Waals surface area (Å²) in [6, 6.07) is 10.9. The smallest absolute Gasteiger partial charge is 0.223 e. The number of carbonyl (C=O) groups is 1. The molecule has 2 aromatic rings. The van der Waals surface area contributed by atoms with E-state index >= 15 is 0 Å². The molecule has 0 saturated carbocycles. The van der Waals surface area contributed by atoms with Crippen molar-refractivity contribution >= 4 is 5.91 Å². The summed E-state index contributed by atoms with van der Waals surface area (Å²) in [7, 11) is 0. The minimum absolute atomic E-state index is 0.234. The summed E-state index contributed by atoms with van der Waals surface area (Å²) in [5, 5.41) is 0. The zero-order chi connectivity index (χ0) is 17.9. The maximum Gasteiger partial charge on any atom is 0.223 e. The molecule has 2 aliphatic rings. The van der Waals surface area contributed by atoms with Crippen molar-refractivity contribution in [3.63, 3.8) is 0 Å². The Balaban J connectivity index is 1.42. The predicted molar refractivity (Wildman–Crippen MR) is 97.6 cm³/mol. The molecule has 2 atom stereocenters. The van der Waals surface area contributed by atoms with Crippen LogP contribution in [-0.4, -0.2) is 39.8 Å². The number of nitrogens with zero attached hydrogens (tertiary/aromatic N) is 3. The fraction of sp³-hybridized carbons (Fsp3) is 0.429. The molecule has 3 heterocycles. The van der Waals surface area contributed by atoms with E-state index in [1.54, 1.807) is 12.1 Å². The fourth-order valence-electron chi connectivity index (χ4n) is 4.31. The fourth-order valence-corrected chi connectivity index (χ4v) is 4.31. The van der Waals surface area contributed by atoms with Crippen LogP contribution in [0.4, 0.5) is 4.39 Å². The molecule has 1 amide bonds. The monoisotopic (exact) mass is 353 g/mol. The Morgan fingerprint density at radius 1 is 1.00 bits per heavy atom. The Labute approximate surface area is 153 Å². The number of aromatic nitrogens is 1. The number of halogens is 1. The highest BCUT2D eigenvalue weighted by Gasteiger charge is 2.39. The van der Waals surface area contributed by atoms with Crippen molar-refractivity contribution in [2.75, 3.05) is 13.1 Å². The molecule has 0 unspecified atom stereocenters. The normalized spacial score (nSPS) is 23.7. The van der Waals surface area contributed by atoms with Gasteiger partial charge in [0.25, 0.3) is 0 Å². The van der Waals surface area contributed by atoms with Crippen LogP contribution >= 0.6 is 0 Å². The first-order chi connectivity index (χ1) is 12.7. The number of benzene rings is 1. The third-order valence-corrected chi connectivity index (χ3v) is 5.65. The second kappa shape index (κ2) is 7.54. The number of rotatable bonds is 4. The molecule has 1 aromatic carbocycles. The van der Waals surface area contributed by atoms with Gasteiger partial charge < -0.3 is 4.90 Å². The molecule has 4 nitrogen and oxygen atoms in total. The highest BCUT2D eigenvalue weighted by atomic mass is 19.1. The van der Waals surface area contributed by atoms with Crippen molar-refractivity contribution in [1.29, 1.82) is 0 Å². The first-order valence-electron chi connectivity index (χ1n) is 9.34. The lowest BCUT2D eigenvalue weighted by atomic mass is 9.83. The van der Waals surface area contributed by atoms with E-state index < -0.39 is 0 Å². The van der Waals surface area contributed by atoms with E-state index in [1.807, 2.05) is 17.3 Å². The Kier molecular flexibility index (Phi) is 4.98. The van der Waals surface area contributed by atoms with E-state index in [4.69, 9.17) is 0 Å². The highest BCUT2D eigenvalue weighted by Crippen LogP contribution is 2.33. The lowest BCUT2D eigenvalue weighted by Crippen LogP contribution is -2.55. The molecule has 5 heteroatoms. The standard InChI is InChI=1S/C21H24FN3O/c22-19-4-1-16(2-5-19)14-25-20-9-12-24(13-17-7-10-23-11-8-17)15-18(20)3-6-21(25)26/h1-2,4-5,7-8,10-11,18,20H,3,6,9,12-15H2/t18-,20+/m1/s1. The summed E-state index contributed by atoms with van der Waals surface area (Å²) in [5.74, 6) is 0.517. The van der Waals surface area contributed by atoms with Gasteiger partial charge in [-0.05, 0) is 54.2 Å². The average molecular weight is 353 g/mol. The first kappa shape index (κ1) is 17.2. The van der Waals surface area contributed by atoms with Crippen LogP contribution in [0.25, 0.3) is 0 Å². The predicted octanol–water partition coefficient (Wildman–Crippen LogP) is 3.23. The number of pyridine rings is 1. The number of hydrogen-bond acceptors (Lipinski definition) is 3. The third kappa shape index (κ3) is 3.78. The average Bonchev–Trinajstić information content (AvgIpc) is 2.66. The minimum atomic E-state index is -0.235. The van der Waals surface area contributed by atoms with Crippen LogP contribution in [0.2, 0.25) is 0 Å². The third-order valence-electron chi connectivity index (χ3n) is 5.65. The summed E-state index contributed by atoms with van der Waals surface area (Å²) in [6.07, 6.45) is 6.27. The molecule has 0 spiro atoms. The van der Waals surface area contributed by atoms with Crippen molar-refractivity contribution in [3.8, 4) is 0 Å². The number of fused-ring (bicyclic) bond motifs is 1. The van der Waals surface area contributed by atoms with Gasteiger partial charge in [0.05, 0.1) is 0 Å². The number of hydrogen-bond donors (Lipinski definition) is 0. The lowest BCUT2D eigenvalue weighted by molar-refractivity contribution is -0.142. The number of piperidine rings is 2. The zero-order valence-electron chi connectivity index (χ0n) is 14.9. The Morgan fingerprint density at radius 3 is 2.50 bits per heavy atom. The van der Waals surface area contributed by atoms with Crippen LogP contribution in [0.15, 0.2) is 48.8 Å². The Bertz CT molecular complexity index is 750. The van der Waals surface area contributed by atoms with E-state index in [0.717, 1.165) is 38.0 Å². The van der Waals surface area contributed by atoms with E-state index in [2.05, 4.69) is 22.0 Å². The van der Waals surface area contributed by atoms with Crippen molar-refractivity contribution in [2.24, 2.45) is 5.92 Å². The van der Waals surface area contributed by atoms with Crippen LogP contribution in [0.3, 0.4) is 0 Å². The van der Waals surface area contributed by atoms with Gasteiger partial charge in [-0.1, -0.05) is 12.1 Å². The molecule has 0 bridgehead atoms. The van der Waals surface area contributed by atoms with Crippen molar-refractivity contribution < 1.29 is 9.18 Å². The minimum Gasteiger partial charge on any atom is -0.335 e. The van der Waals surface area contributed by atoms with E-state index in [-0.39, 0.29) is 11.7 Å². The highest BCUT2D eigenvalue weighted by molar-refractivity contribution is 5.77. The molecule has 0 N–H and O–H groups in total. The SMILES string of the molecule is O=C1CC[C@@H]2CN(Cc3ccncc3)CC[C@@H]2N1Cc1ccc(F)cc1. The molecule has 0 aliphatic carbocycles. The van der Waals surface area contributed by atoms with Crippen molar-refractivity contribution in [3.05, 3.63) is 65.7 Å². The van der Waals surface area contributed by atoms with Gasteiger partial charge >= 0.3 is 0 Å². The summed E-state index contributed by atoms with van der Waals surface area (Å²) < 4.78 is 13.1. The summed E-state index contributed by atoms with van der Waals surface area (Å²) >= 11 is 0. The molecule has 0 radical (unpaired) electrons. The number of carbonyl (C=O) groups excluding carboxylic acids is 1. The molecule has 2 aliphatic heterocycles. The molecule has 2 saturated heterocycles. The van der Waals surface area contributed by atoms with Crippen molar-refractivity contribution in [1.82, 2.24) is 14.8 Å². The van der Waals surface area contributed by atoms with Crippen molar-refractivity contribution in [2.45, 2.75) is 38.4 Å². The molecular weight excluding hydrogens is 329 g/mol. The quantitative estimate of drug-likeness (QED) is 0.847.